The fourth-order valence-corrected chi connectivity index (χ4v) is 1.04. The van der Waals surface area contributed by atoms with Gasteiger partial charge in [0, 0.05) is 12.7 Å². The van der Waals surface area contributed by atoms with Gasteiger partial charge in [0.1, 0.15) is 0 Å². The number of hydrogen-bond acceptors (Lipinski definition) is 3. The van der Waals surface area contributed by atoms with E-state index in [0.717, 1.165) is 12.8 Å². The fraction of sp³-hybridized carbons (Fsp3) is 0.500. The summed E-state index contributed by atoms with van der Waals surface area (Å²) in [6.45, 7) is 2.78. The number of unbranched alkanes of at least 4 members (excludes halogenated alkanes) is 1. The quantitative estimate of drug-likeness (QED) is 0.728. The van der Waals surface area contributed by atoms with E-state index in [1.165, 1.54) is 0 Å². The van der Waals surface area contributed by atoms with Crippen molar-refractivity contribution in [2.24, 2.45) is 0 Å². The topological polar surface area (TPSA) is 81.1 Å². The number of rotatable bonds is 4. The summed E-state index contributed by atoms with van der Waals surface area (Å²) >= 11 is 0. The van der Waals surface area contributed by atoms with Gasteiger partial charge in [-0.25, -0.2) is 4.79 Å². The number of carboxylic acid groups (broad SMARTS) is 1. The van der Waals surface area contributed by atoms with Crippen LogP contribution in [0.2, 0.25) is 0 Å². The smallest absolute Gasteiger partial charge is 0.358 e. The monoisotopic (exact) mass is 183 g/mol. The summed E-state index contributed by atoms with van der Waals surface area (Å²) in [5.41, 5.74) is 5.62. The minimum absolute atomic E-state index is 0.0592. The number of nitrogens with two attached hydrogens (primary N) is 1. The number of carboxylic acids is 1. The third kappa shape index (κ3) is 2.21. The van der Waals surface area contributed by atoms with E-state index in [1.54, 1.807) is 10.9 Å². The maximum atomic E-state index is 10.6. The Kier molecular flexibility index (Phi) is 2.89. The number of nitrogens with zero attached hydrogens (tertiary/aromatic N) is 2. The molecule has 0 amide bonds. The summed E-state index contributed by atoms with van der Waals surface area (Å²) < 4.78 is 1.57. The summed E-state index contributed by atoms with van der Waals surface area (Å²) in [6.07, 6.45) is 3.57. The molecule has 13 heavy (non-hydrogen) atoms. The van der Waals surface area contributed by atoms with Crippen LogP contribution >= 0.6 is 0 Å². The molecule has 1 rings (SSSR count). The van der Waals surface area contributed by atoms with Gasteiger partial charge >= 0.3 is 5.97 Å². The fourth-order valence-electron chi connectivity index (χ4n) is 1.04. The van der Waals surface area contributed by atoms with Gasteiger partial charge in [-0.15, -0.1) is 0 Å². The normalized spacial score (nSPS) is 10.2. The van der Waals surface area contributed by atoms with Crippen LogP contribution in [0.25, 0.3) is 0 Å². The summed E-state index contributed by atoms with van der Waals surface area (Å²) in [7, 11) is 0. The highest BCUT2D eigenvalue weighted by Gasteiger charge is 2.12. The van der Waals surface area contributed by atoms with E-state index in [-0.39, 0.29) is 11.4 Å². The van der Waals surface area contributed by atoms with Gasteiger partial charge in [0.05, 0.1) is 5.69 Å². The van der Waals surface area contributed by atoms with E-state index in [0.29, 0.717) is 6.54 Å². The molecule has 0 aliphatic carbocycles. The predicted octanol–water partition coefficient (Wildman–Crippen LogP) is 0.964. The molecular weight excluding hydrogens is 170 g/mol. The Labute approximate surface area is 76.2 Å². The zero-order valence-corrected chi connectivity index (χ0v) is 7.53. The number of aryl methyl sites for hydroxylation is 1. The van der Waals surface area contributed by atoms with Crippen molar-refractivity contribution in [1.82, 2.24) is 9.78 Å². The molecule has 0 aliphatic heterocycles. The van der Waals surface area contributed by atoms with Crippen LogP contribution in [-0.4, -0.2) is 20.9 Å². The number of anilines is 1. The molecule has 0 fully saturated rings. The van der Waals surface area contributed by atoms with Gasteiger partial charge in [0.25, 0.3) is 0 Å². The maximum Gasteiger partial charge on any atom is 0.358 e. The Bertz CT molecular complexity index is 306. The molecule has 72 valence electrons. The van der Waals surface area contributed by atoms with E-state index >= 15 is 0 Å². The first kappa shape index (κ1) is 9.57. The molecule has 5 heteroatoms. The highest BCUT2D eigenvalue weighted by molar-refractivity contribution is 5.91. The second kappa shape index (κ2) is 3.93. The van der Waals surface area contributed by atoms with Crippen molar-refractivity contribution < 1.29 is 9.90 Å². The van der Waals surface area contributed by atoms with Gasteiger partial charge in [-0.3, -0.25) is 4.68 Å². The van der Waals surface area contributed by atoms with Gasteiger partial charge in [-0.2, -0.15) is 5.10 Å². The van der Waals surface area contributed by atoms with E-state index in [2.05, 4.69) is 12.0 Å². The van der Waals surface area contributed by atoms with Crippen molar-refractivity contribution >= 4 is 11.7 Å². The third-order valence-electron chi connectivity index (χ3n) is 1.73. The first-order valence-electron chi connectivity index (χ1n) is 4.21. The van der Waals surface area contributed by atoms with Gasteiger partial charge in [-0.1, -0.05) is 13.3 Å². The molecule has 0 aliphatic rings. The average Bonchev–Trinajstić information content (AvgIpc) is 2.43. The van der Waals surface area contributed by atoms with Crippen LogP contribution in [0.15, 0.2) is 6.20 Å². The van der Waals surface area contributed by atoms with Crippen LogP contribution in [0.3, 0.4) is 0 Å². The Hall–Kier alpha value is -1.52. The van der Waals surface area contributed by atoms with Crippen LogP contribution in [0.5, 0.6) is 0 Å². The van der Waals surface area contributed by atoms with Gasteiger partial charge in [0.2, 0.25) is 0 Å². The van der Waals surface area contributed by atoms with Crippen molar-refractivity contribution in [1.29, 1.82) is 0 Å². The largest absolute Gasteiger partial charge is 0.476 e. The zero-order valence-electron chi connectivity index (χ0n) is 7.53. The standard InChI is InChI=1S/C8H13N3O2/c1-2-3-4-11-5-6(9)7(10-11)8(12)13/h5H,2-4,9H2,1H3,(H,12,13). The summed E-state index contributed by atoms with van der Waals surface area (Å²) in [4.78, 5) is 10.6. The highest BCUT2D eigenvalue weighted by atomic mass is 16.4. The first-order chi connectivity index (χ1) is 6.15. The minimum Gasteiger partial charge on any atom is -0.476 e. The molecule has 1 aromatic heterocycles. The second-order valence-corrected chi connectivity index (χ2v) is 2.85. The molecule has 0 unspecified atom stereocenters. The van der Waals surface area contributed by atoms with Gasteiger partial charge in [0.15, 0.2) is 5.69 Å². The van der Waals surface area contributed by atoms with E-state index in [9.17, 15) is 4.79 Å². The van der Waals surface area contributed by atoms with Crippen LogP contribution in [0, 0.1) is 0 Å². The third-order valence-corrected chi connectivity index (χ3v) is 1.73. The zero-order chi connectivity index (χ0) is 9.84. The molecule has 5 nitrogen and oxygen atoms in total. The Morgan fingerprint density at radius 3 is 2.92 bits per heavy atom. The number of carbonyl (C=O) groups is 1. The number of aromatic nitrogens is 2. The lowest BCUT2D eigenvalue weighted by Crippen LogP contribution is -2.03. The first-order valence-corrected chi connectivity index (χ1v) is 4.21. The molecule has 0 atom stereocenters. The lowest BCUT2D eigenvalue weighted by Gasteiger charge is -1.96. The van der Waals surface area contributed by atoms with E-state index in [4.69, 9.17) is 10.8 Å². The van der Waals surface area contributed by atoms with Crippen LogP contribution in [-0.2, 0) is 6.54 Å². The lowest BCUT2D eigenvalue weighted by atomic mass is 10.3. The highest BCUT2D eigenvalue weighted by Crippen LogP contribution is 2.09. The Morgan fingerprint density at radius 1 is 1.77 bits per heavy atom. The average molecular weight is 183 g/mol. The molecule has 1 aromatic rings. The second-order valence-electron chi connectivity index (χ2n) is 2.85. The number of hydrogen-bond donors (Lipinski definition) is 2. The van der Waals surface area contributed by atoms with E-state index < -0.39 is 5.97 Å². The predicted molar refractivity (Wildman–Crippen MR) is 48.5 cm³/mol. The SMILES string of the molecule is CCCCn1cc(N)c(C(=O)O)n1. The number of aromatic carboxylic acids is 1. The molecule has 0 spiro atoms. The van der Waals surface area contributed by atoms with Gasteiger partial charge in [-0.05, 0) is 6.42 Å². The van der Waals surface area contributed by atoms with Crippen molar-refractivity contribution in [2.75, 3.05) is 5.73 Å². The summed E-state index contributed by atoms with van der Waals surface area (Å²) in [5, 5.41) is 12.5. The molecule has 0 saturated carbocycles. The molecule has 0 radical (unpaired) electrons. The van der Waals surface area contributed by atoms with Crippen molar-refractivity contribution in [3.63, 3.8) is 0 Å². The van der Waals surface area contributed by atoms with Crippen molar-refractivity contribution in [2.45, 2.75) is 26.3 Å². The molecule has 0 bridgehead atoms. The van der Waals surface area contributed by atoms with Crippen LogP contribution in [0.1, 0.15) is 30.3 Å². The van der Waals surface area contributed by atoms with Crippen LogP contribution < -0.4 is 5.73 Å². The van der Waals surface area contributed by atoms with Crippen molar-refractivity contribution in [3.05, 3.63) is 11.9 Å². The molecule has 0 aromatic carbocycles. The summed E-state index contributed by atoms with van der Waals surface area (Å²) in [6, 6.07) is 0. The minimum atomic E-state index is -1.08. The van der Waals surface area contributed by atoms with Gasteiger partial charge < -0.3 is 10.8 Å². The van der Waals surface area contributed by atoms with Crippen LogP contribution in [0.4, 0.5) is 5.69 Å². The summed E-state index contributed by atoms with van der Waals surface area (Å²) in [5.74, 6) is -1.08. The van der Waals surface area contributed by atoms with E-state index in [1.807, 2.05) is 0 Å². The molecule has 1 heterocycles. The molecule has 3 N–H and O–H groups in total. The Balaban J connectivity index is 2.76. The Morgan fingerprint density at radius 2 is 2.46 bits per heavy atom. The maximum absolute atomic E-state index is 10.6. The number of nitrogen functional groups attached to an aromatic ring is 1. The molecular formula is C8H13N3O2. The molecule has 0 saturated heterocycles. The van der Waals surface area contributed by atoms with Crippen molar-refractivity contribution in [3.8, 4) is 0 Å². The lowest BCUT2D eigenvalue weighted by molar-refractivity contribution is 0.0690.